The van der Waals surface area contributed by atoms with Crippen LogP contribution in [0.2, 0.25) is 0 Å². The maximum absolute atomic E-state index is 4.71. The number of para-hydroxylation sites is 2. The van der Waals surface area contributed by atoms with E-state index >= 15 is 0 Å². The van der Waals surface area contributed by atoms with Gasteiger partial charge in [-0.2, -0.15) is 0 Å². The van der Waals surface area contributed by atoms with Crippen LogP contribution >= 0.6 is 0 Å². The lowest BCUT2D eigenvalue weighted by Gasteiger charge is -2.11. The zero-order valence-corrected chi connectivity index (χ0v) is 12.8. The average Bonchev–Trinajstić information content (AvgIpc) is 2.91. The van der Waals surface area contributed by atoms with Crippen LogP contribution in [0.4, 0.5) is 5.82 Å². The maximum atomic E-state index is 4.71. The summed E-state index contributed by atoms with van der Waals surface area (Å²) in [5.41, 5.74) is 2.84. The SMILES string of the molecule is CCc1nnc2c(NCCC(C)C)nc3ccccc3n12. The van der Waals surface area contributed by atoms with Crippen LogP contribution in [0.25, 0.3) is 16.7 Å². The Kier molecular flexibility index (Phi) is 3.73. The lowest BCUT2D eigenvalue weighted by Crippen LogP contribution is -2.08. The summed E-state index contributed by atoms with van der Waals surface area (Å²) in [5, 5.41) is 12.0. The third-order valence-electron chi connectivity index (χ3n) is 3.63. The van der Waals surface area contributed by atoms with Crippen LogP contribution in [0.5, 0.6) is 0 Å². The minimum Gasteiger partial charge on any atom is -0.367 e. The van der Waals surface area contributed by atoms with Crippen LogP contribution in [0.15, 0.2) is 24.3 Å². The van der Waals surface area contributed by atoms with E-state index in [9.17, 15) is 0 Å². The molecule has 0 radical (unpaired) electrons. The molecule has 110 valence electrons. The minimum absolute atomic E-state index is 0.665. The molecule has 0 aliphatic rings. The Balaban J connectivity index is 2.12. The second-order valence-corrected chi connectivity index (χ2v) is 5.69. The Morgan fingerprint density at radius 3 is 2.76 bits per heavy atom. The standard InChI is InChI=1S/C16H21N5/c1-4-14-19-20-16-15(17-10-9-11(2)3)18-12-7-5-6-8-13(12)21(14)16/h5-8,11H,4,9-10H2,1-3H3,(H,17,18). The van der Waals surface area contributed by atoms with E-state index in [1.165, 1.54) is 0 Å². The van der Waals surface area contributed by atoms with Crippen molar-refractivity contribution >= 4 is 22.5 Å². The molecule has 1 N–H and O–H groups in total. The fourth-order valence-electron chi connectivity index (χ4n) is 2.47. The molecule has 0 bridgehead atoms. The molecule has 0 amide bonds. The molecule has 0 saturated carbocycles. The van der Waals surface area contributed by atoms with Gasteiger partial charge in [-0.05, 0) is 24.5 Å². The quantitative estimate of drug-likeness (QED) is 0.780. The third-order valence-corrected chi connectivity index (χ3v) is 3.63. The molecule has 0 saturated heterocycles. The molecule has 21 heavy (non-hydrogen) atoms. The normalized spacial score (nSPS) is 11.6. The molecule has 2 aromatic heterocycles. The molecule has 0 aliphatic carbocycles. The van der Waals surface area contributed by atoms with Gasteiger partial charge in [0.15, 0.2) is 5.82 Å². The van der Waals surface area contributed by atoms with E-state index in [1.807, 2.05) is 18.2 Å². The van der Waals surface area contributed by atoms with Crippen molar-refractivity contribution in [3.05, 3.63) is 30.1 Å². The number of nitrogens with zero attached hydrogens (tertiary/aromatic N) is 4. The number of nitrogens with one attached hydrogen (secondary N) is 1. The second kappa shape index (κ2) is 5.68. The highest BCUT2D eigenvalue weighted by atomic mass is 15.3. The first-order valence-electron chi connectivity index (χ1n) is 7.57. The molecule has 3 rings (SSSR count). The van der Waals surface area contributed by atoms with Gasteiger partial charge in [0.2, 0.25) is 5.65 Å². The minimum atomic E-state index is 0.665. The molecule has 2 heterocycles. The molecule has 3 aromatic rings. The fourth-order valence-corrected chi connectivity index (χ4v) is 2.47. The van der Waals surface area contributed by atoms with Crippen molar-refractivity contribution in [1.82, 2.24) is 19.6 Å². The predicted molar refractivity (Wildman–Crippen MR) is 85.6 cm³/mol. The van der Waals surface area contributed by atoms with Gasteiger partial charge in [-0.1, -0.05) is 32.9 Å². The number of aryl methyl sites for hydroxylation is 1. The van der Waals surface area contributed by atoms with Crippen molar-refractivity contribution in [2.75, 3.05) is 11.9 Å². The lowest BCUT2D eigenvalue weighted by atomic mass is 10.1. The molecule has 5 heteroatoms. The molecule has 0 atom stereocenters. The van der Waals surface area contributed by atoms with Gasteiger partial charge in [-0.25, -0.2) is 4.98 Å². The number of rotatable bonds is 5. The van der Waals surface area contributed by atoms with Gasteiger partial charge >= 0.3 is 0 Å². The van der Waals surface area contributed by atoms with Crippen molar-refractivity contribution in [1.29, 1.82) is 0 Å². The summed E-state index contributed by atoms with van der Waals surface area (Å²) in [5.74, 6) is 2.45. The predicted octanol–water partition coefficient (Wildman–Crippen LogP) is 3.30. The highest BCUT2D eigenvalue weighted by molar-refractivity contribution is 5.82. The van der Waals surface area contributed by atoms with Crippen molar-refractivity contribution in [2.24, 2.45) is 5.92 Å². The van der Waals surface area contributed by atoms with Crippen molar-refractivity contribution in [3.8, 4) is 0 Å². The Bertz CT molecular complexity index is 760. The van der Waals surface area contributed by atoms with Gasteiger partial charge in [0.25, 0.3) is 0 Å². The zero-order valence-electron chi connectivity index (χ0n) is 12.8. The van der Waals surface area contributed by atoms with E-state index in [0.29, 0.717) is 5.92 Å². The molecule has 1 aromatic carbocycles. The van der Waals surface area contributed by atoms with E-state index < -0.39 is 0 Å². The molecular weight excluding hydrogens is 262 g/mol. The maximum Gasteiger partial charge on any atom is 0.204 e. The van der Waals surface area contributed by atoms with E-state index in [1.54, 1.807) is 0 Å². The number of fused-ring (bicyclic) bond motifs is 3. The number of aromatic nitrogens is 4. The van der Waals surface area contributed by atoms with Gasteiger partial charge in [0.05, 0.1) is 11.0 Å². The summed E-state index contributed by atoms with van der Waals surface area (Å²) in [4.78, 5) is 4.71. The number of anilines is 1. The topological polar surface area (TPSA) is 55.1 Å². The Labute approximate surface area is 124 Å². The van der Waals surface area contributed by atoms with E-state index in [0.717, 1.165) is 47.7 Å². The van der Waals surface area contributed by atoms with Gasteiger partial charge in [-0.15, -0.1) is 10.2 Å². The highest BCUT2D eigenvalue weighted by Crippen LogP contribution is 2.22. The van der Waals surface area contributed by atoms with Crippen LogP contribution in [-0.2, 0) is 6.42 Å². The molecule has 0 spiro atoms. The summed E-state index contributed by atoms with van der Waals surface area (Å²) < 4.78 is 2.11. The average molecular weight is 283 g/mol. The summed E-state index contributed by atoms with van der Waals surface area (Å²) in [6.45, 7) is 7.43. The monoisotopic (exact) mass is 283 g/mol. The first-order chi connectivity index (χ1) is 10.2. The van der Waals surface area contributed by atoms with Gasteiger partial charge in [0, 0.05) is 13.0 Å². The zero-order chi connectivity index (χ0) is 14.8. The molecule has 0 aliphatic heterocycles. The second-order valence-electron chi connectivity index (χ2n) is 5.69. The van der Waals surface area contributed by atoms with E-state index in [2.05, 4.69) is 46.8 Å². The van der Waals surface area contributed by atoms with E-state index in [-0.39, 0.29) is 0 Å². The molecule has 0 unspecified atom stereocenters. The van der Waals surface area contributed by atoms with Crippen LogP contribution in [0, 0.1) is 5.92 Å². The van der Waals surface area contributed by atoms with Crippen LogP contribution < -0.4 is 5.32 Å². The van der Waals surface area contributed by atoms with Crippen molar-refractivity contribution in [2.45, 2.75) is 33.6 Å². The molecule has 5 nitrogen and oxygen atoms in total. The number of hydrogen-bond donors (Lipinski definition) is 1. The fraction of sp³-hybridized carbons (Fsp3) is 0.438. The Hall–Kier alpha value is -2.17. The van der Waals surface area contributed by atoms with Gasteiger partial charge in [0.1, 0.15) is 5.82 Å². The Morgan fingerprint density at radius 1 is 1.19 bits per heavy atom. The largest absolute Gasteiger partial charge is 0.367 e. The highest BCUT2D eigenvalue weighted by Gasteiger charge is 2.13. The van der Waals surface area contributed by atoms with Crippen molar-refractivity contribution in [3.63, 3.8) is 0 Å². The summed E-state index contributed by atoms with van der Waals surface area (Å²) >= 11 is 0. The third kappa shape index (κ3) is 2.55. The van der Waals surface area contributed by atoms with Crippen molar-refractivity contribution < 1.29 is 0 Å². The molecular formula is C16H21N5. The molecule has 0 fully saturated rings. The number of benzene rings is 1. The Morgan fingerprint density at radius 2 is 2.00 bits per heavy atom. The van der Waals surface area contributed by atoms with Crippen LogP contribution in [0.3, 0.4) is 0 Å². The number of hydrogen-bond acceptors (Lipinski definition) is 4. The van der Waals surface area contributed by atoms with Gasteiger partial charge in [-0.3, -0.25) is 4.40 Å². The smallest absolute Gasteiger partial charge is 0.204 e. The summed E-state index contributed by atoms with van der Waals surface area (Å²) in [7, 11) is 0. The van der Waals surface area contributed by atoms with Crippen LogP contribution in [0.1, 0.15) is 33.0 Å². The van der Waals surface area contributed by atoms with Crippen LogP contribution in [-0.4, -0.2) is 26.1 Å². The summed E-state index contributed by atoms with van der Waals surface area (Å²) in [6, 6.07) is 8.13. The first kappa shape index (κ1) is 13.8. The van der Waals surface area contributed by atoms with Gasteiger partial charge < -0.3 is 5.32 Å². The summed E-state index contributed by atoms with van der Waals surface area (Å²) in [6.07, 6.45) is 1.95. The van der Waals surface area contributed by atoms with E-state index in [4.69, 9.17) is 4.98 Å². The first-order valence-corrected chi connectivity index (χ1v) is 7.57. The lowest BCUT2D eigenvalue weighted by molar-refractivity contribution is 0.607.